The first-order chi connectivity index (χ1) is 10.5. The van der Waals surface area contributed by atoms with Gasteiger partial charge in [0, 0.05) is 30.5 Å². The predicted molar refractivity (Wildman–Crippen MR) is 85.3 cm³/mol. The number of rotatable bonds is 2. The van der Waals surface area contributed by atoms with Crippen molar-refractivity contribution in [1.82, 2.24) is 4.90 Å². The fourth-order valence-electron chi connectivity index (χ4n) is 3.80. The molecule has 1 aromatic rings. The summed E-state index contributed by atoms with van der Waals surface area (Å²) in [7, 11) is 0. The van der Waals surface area contributed by atoms with Gasteiger partial charge in [0.1, 0.15) is 0 Å². The van der Waals surface area contributed by atoms with E-state index in [4.69, 9.17) is 27.9 Å². The van der Waals surface area contributed by atoms with Crippen molar-refractivity contribution in [3.8, 4) is 0 Å². The van der Waals surface area contributed by atoms with E-state index in [9.17, 15) is 9.90 Å². The van der Waals surface area contributed by atoms with E-state index >= 15 is 0 Å². The summed E-state index contributed by atoms with van der Waals surface area (Å²) in [5.41, 5.74) is -0.390. The lowest BCUT2D eigenvalue weighted by Crippen LogP contribution is -2.52. The molecule has 4 nitrogen and oxygen atoms in total. The van der Waals surface area contributed by atoms with Crippen molar-refractivity contribution in [3.05, 3.63) is 33.8 Å². The van der Waals surface area contributed by atoms with Gasteiger partial charge in [0.05, 0.1) is 22.3 Å². The van der Waals surface area contributed by atoms with Gasteiger partial charge < -0.3 is 14.7 Å². The minimum absolute atomic E-state index is 0.0159. The first-order valence-corrected chi connectivity index (χ1v) is 8.34. The van der Waals surface area contributed by atoms with Crippen LogP contribution in [-0.2, 0) is 10.3 Å². The van der Waals surface area contributed by atoms with Gasteiger partial charge in [0.2, 0.25) is 0 Å². The summed E-state index contributed by atoms with van der Waals surface area (Å²) >= 11 is 12.4. The topological polar surface area (TPSA) is 49.8 Å². The summed E-state index contributed by atoms with van der Waals surface area (Å²) in [4.78, 5) is 13.9. The molecule has 2 bridgehead atoms. The van der Waals surface area contributed by atoms with Crippen LogP contribution in [0.25, 0.3) is 0 Å². The Morgan fingerprint density at radius 2 is 2.00 bits per heavy atom. The molecule has 1 unspecified atom stereocenters. The molecule has 3 atom stereocenters. The van der Waals surface area contributed by atoms with Crippen LogP contribution in [0.1, 0.15) is 38.2 Å². The number of hydrogen-bond acceptors (Lipinski definition) is 3. The molecule has 2 aliphatic heterocycles. The molecule has 2 saturated heterocycles. The maximum Gasteiger partial charge on any atom is 0.410 e. The standard InChI is InChI=1S/C16H19Cl2NO3/c1-2-22-15(20)19-10-6-7-11(19)9-16(21,8-10)12-4-3-5-13(17)14(12)18/h3-5,10-11,21H,2,6-9H2,1H3/t10-,11+,16?. The molecule has 1 amide bonds. The summed E-state index contributed by atoms with van der Waals surface area (Å²) in [6.45, 7) is 2.16. The Balaban J connectivity index is 1.88. The molecule has 1 N–H and O–H groups in total. The highest BCUT2D eigenvalue weighted by molar-refractivity contribution is 6.42. The van der Waals surface area contributed by atoms with Crippen molar-refractivity contribution in [2.75, 3.05) is 6.61 Å². The van der Waals surface area contributed by atoms with E-state index in [1.165, 1.54) is 0 Å². The van der Waals surface area contributed by atoms with Crippen LogP contribution < -0.4 is 0 Å². The van der Waals surface area contributed by atoms with Gasteiger partial charge in [0.15, 0.2) is 0 Å². The second kappa shape index (κ2) is 5.91. The van der Waals surface area contributed by atoms with E-state index in [-0.39, 0.29) is 18.2 Å². The number of carbonyl (C=O) groups excluding carboxylic acids is 1. The molecule has 120 valence electrons. The average molecular weight is 344 g/mol. The van der Waals surface area contributed by atoms with E-state index in [2.05, 4.69) is 0 Å². The van der Waals surface area contributed by atoms with E-state index in [0.717, 1.165) is 12.8 Å². The van der Waals surface area contributed by atoms with E-state index in [1.54, 1.807) is 24.0 Å². The Bertz CT molecular complexity index is 579. The summed E-state index contributed by atoms with van der Waals surface area (Å²) in [6, 6.07) is 5.28. The second-order valence-electron chi connectivity index (χ2n) is 6.03. The van der Waals surface area contributed by atoms with Gasteiger partial charge in [-0.1, -0.05) is 35.3 Å². The van der Waals surface area contributed by atoms with Gasteiger partial charge >= 0.3 is 6.09 Å². The van der Waals surface area contributed by atoms with Gasteiger partial charge in [0.25, 0.3) is 0 Å². The predicted octanol–water partition coefficient (Wildman–Crippen LogP) is 3.96. The number of ether oxygens (including phenoxy) is 1. The molecule has 6 heteroatoms. The summed E-state index contributed by atoms with van der Waals surface area (Å²) in [6.07, 6.45) is 2.40. The maximum atomic E-state index is 12.1. The van der Waals surface area contributed by atoms with Crippen LogP contribution in [0.4, 0.5) is 4.79 Å². The molecule has 3 rings (SSSR count). The van der Waals surface area contributed by atoms with Crippen LogP contribution >= 0.6 is 23.2 Å². The number of fused-ring (bicyclic) bond motifs is 2. The Kier molecular flexibility index (Phi) is 4.27. The molecule has 22 heavy (non-hydrogen) atoms. The Morgan fingerprint density at radius 3 is 2.59 bits per heavy atom. The zero-order valence-corrected chi connectivity index (χ0v) is 13.9. The van der Waals surface area contributed by atoms with Gasteiger partial charge in [-0.2, -0.15) is 0 Å². The van der Waals surface area contributed by atoms with Crippen molar-refractivity contribution >= 4 is 29.3 Å². The lowest BCUT2D eigenvalue weighted by Gasteiger charge is -2.43. The average Bonchev–Trinajstić information content (AvgIpc) is 2.75. The van der Waals surface area contributed by atoms with Crippen LogP contribution in [-0.4, -0.2) is 34.8 Å². The first-order valence-electron chi connectivity index (χ1n) is 7.58. The molecular weight excluding hydrogens is 325 g/mol. The molecule has 0 aromatic heterocycles. The summed E-state index contributed by atoms with van der Waals surface area (Å²) in [5, 5.41) is 12.0. The van der Waals surface area contributed by atoms with Crippen LogP contribution in [0, 0.1) is 0 Å². The van der Waals surface area contributed by atoms with Crippen LogP contribution in [0.2, 0.25) is 10.0 Å². The van der Waals surface area contributed by atoms with Gasteiger partial charge in [-0.3, -0.25) is 0 Å². The Morgan fingerprint density at radius 1 is 1.36 bits per heavy atom. The molecule has 1 aromatic carbocycles. The van der Waals surface area contributed by atoms with Gasteiger partial charge in [-0.15, -0.1) is 0 Å². The molecule has 0 radical (unpaired) electrons. The second-order valence-corrected chi connectivity index (χ2v) is 6.82. The number of halogens is 2. The minimum atomic E-state index is -1.04. The number of piperidine rings is 1. The van der Waals surface area contributed by atoms with E-state index < -0.39 is 5.60 Å². The number of nitrogens with zero attached hydrogens (tertiary/aromatic N) is 1. The number of amides is 1. The molecule has 0 spiro atoms. The van der Waals surface area contributed by atoms with E-state index in [1.807, 2.05) is 6.07 Å². The smallest absolute Gasteiger partial charge is 0.410 e. The van der Waals surface area contributed by atoms with Gasteiger partial charge in [-0.05, 0) is 25.8 Å². The summed E-state index contributed by atoms with van der Waals surface area (Å²) < 4.78 is 5.14. The van der Waals surface area contributed by atoms with Crippen molar-refractivity contribution < 1.29 is 14.6 Å². The van der Waals surface area contributed by atoms with Crippen LogP contribution in [0.5, 0.6) is 0 Å². The fourth-order valence-corrected chi connectivity index (χ4v) is 4.28. The zero-order chi connectivity index (χ0) is 15.9. The number of hydrogen-bond donors (Lipinski definition) is 1. The molecule has 2 fully saturated rings. The third-order valence-corrected chi connectivity index (χ3v) is 5.52. The maximum absolute atomic E-state index is 12.1. The largest absolute Gasteiger partial charge is 0.450 e. The van der Waals surface area contributed by atoms with Crippen molar-refractivity contribution in [1.29, 1.82) is 0 Å². The third kappa shape index (κ3) is 2.57. The monoisotopic (exact) mass is 343 g/mol. The van der Waals surface area contributed by atoms with Crippen molar-refractivity contribution in [2.45, 2.75) is 50.3 Å². The lowest BCUT2D eigenvalue weighted by molar-refractivity contribution is -0.0524. The third-order valence-electron chi connectivity index (χ3n) is 4.70. The summed E-state index contributed by atoms with van der Waals surface area (Å²) in [5.74, 6) is 0. The first kappa shape index (κ1) is 15.9. The number of aliphatic hydroxyl groups is 1. The highest BCUT2D eigenvalue weighted by atomic mass is 35.5. The molecule has 2 aliphatic rings. The van der Waals surface area contributed by atoms with Gasteiger partial charge in [-0.25, -0.2) is 4.79 Å². The molecule has 2 heterocycles. The zero-order valence-electron chi connectivity index (χ0n) is 12.4. The Hall–Kier alpha value is -0.970. The molecule has 0 saturated carbocycles. The van der Waals surface area contributed by atoms with Crippen LogP contribution in [0.3, 0.4) is 0 Å². The lowest BCUT2D eigenvalue weighted by atomic mass is 9.80. The highest BCUT2D eigenvalue weighted by Gasteiger charge is 2.51. The Labute approximate surface area is 140 Å². The van der Waals surface area contributed by atoms with E-state index in [0.29, 0.717) is 35.1 Å². The molecule has 0 aliphatic carbocycles. The van der Waals surface area contributed by atoms with Crippen molar-refractivity contribution in [2.24, 2.45) is 0 Å². The number of benzene rings is 1. The quantitative estimate of drug-likeness (QED) is 0.883. The van der Waals surface area contributed by atoms with Crippen molar-refractivity contribution in [3.63, 3.8) is 0 Å². The van der Waals surface area contributed by atoms with Crippen LogP contribution in [0.15, 0.2) is 18.2 Å². The number of carbonyl (C=O) groups is 1. The highest BCUT2D eigenvalue weighted by Crippen LogP contribution is 2.48. The molecular formula is C16H19Cl2NO3. The SMILES string of the molecule is CCOC(=O)N1[C@@H]2CC[C@H]1CC(O)(c1cccc(Cl)c1Cl)C2. The normalized spacial score (nSPS) is 30.5. The minimum Gasteiger partial charge on any atom is -0.450 e. The fraction of sp³-hybridized carbons (Fsp3) is 0.562.